The van der Waals surface area contributed by atoms with Crippen LogP contribution in [0.5, 0.6) is 0 Å². The van der Waals surface area contributed by atoms with Crippen LogP contribution in [0.2, 0.25) is 0 Å². The van der Waals surface area contributed by atoms with Crippen molar-refractivity contribution in [2.75, 3.05) is 0 Å². The maximum absolute atomic E-state index is 13.0. The molecule has 0 nitrogen and oxygen atoms in total. The lowest BCUT2D eigenvalue weighted by atomic mass is 9.90. The summed E-state index contributed by atoms with van der Waals surface area (Å²) in [6.45, 7) is 2.18. The number of hydrogen-bond acceptors (Lipinski definition) is 0. The highest BCUT2D eigenvalue weighted by Crippen LogP contribution is 2.24. The van der Waals surface area contributed by atoms with Gasteiger partial charge in [0.25, 0.3) is 0 Å². The number of fused-ring (bicyclic) bond motifs is 1. The van der Waals surface area contributed by atoms with Crippen molar-refractivity contribution in [3.8, 4) is 0 Å². The highest BCUT2D eigenvalue weighted by atomic mass is 19.1. The second-order valence-electron chi connectivity index (χ2n) is 3.91. The third-order valence-electron chi connectivity index (χ3n) is 2.77. The number of hydrogen-bond donors (Lipinski definition) is 0. The first-order valence-electron chi connectivity index (χ1n) is 5.25. The first-order valence-corrected chi connectivity index (χ1v) is 5.25. The zero-order valence-electron chi connectivity index (χ0n) is 8.52. The molecule has 0 fully saturated rings. The van der Waals surface area contributed by atoms with E-state index in [1.54, 1.807) is 12.1 Å². The van der Waals surface area contributed by atoms with E-state index in [0.717, 1.165) is 19.3 Å². The topological polar surface area (TPSA) is 0 Å². The van der Waals surface area contributed by atoms with E-state index in [1.165, 1.54) is 23.1 Å². The molecule has 0 radical (unpaired) electrons. The summed E-state index contributed by atoms with van der Waals surface area (Å²) >= 11 is 0. The Morgan fingerprint density at radius 2 is 2.14 bits per heavy atom. The van der Waals surface area contributed by atoms with Crippen LogP contribution < -0.4 is 0 Å². The second kappa shape index (κ2) is 3.95. The van der Waals surface area contributed by atoms with Crippen molar-refractivity contribution in [3.05, 3.63) is 46.8 Å². The minimum absolute atomic E-state index is 0.110. The van der Waals surface area contributed by atoms with E-state index < -0.39 is 0 Å². The predicted molar refractivity (Wildman–Crippen MR) is 56.8 cm³/mol. The van der Waals surface area contributed by atoms with E-state index in [-0.39, 0.29) is 5.82 Å². The number of rotatable bonds is 2. The van der Waals surface area contributed by atoms with Gasteiger partial charge in [0, 0.05) is 0 Å². The molecule has 0 heterocycles. The fraction of sp³-hybridized carbons (Fsp3) is 0.385. The van der Waals surface area contributed by atoms with Crippen molar-refractivity contribution in [2.24, 2.45) is 0 Å². The fourth-order valence-corrected chi connectivity index (χ4v) is 2.04. The first-order chi connectivity index (χ1) is 6.79. The van der Waals surface area contributed by atoms with Crippen LogP contribution in [-0.2, 0) is 12.8 Å². The average molecular weight is 190 g/mol. The van der Waals surface area contributed by atoms with Crippen LogP contribution in [0, 0.1) is 5.82 Å². The molecule has 0 aliphatic heterocycles. The van der Waals surface area contributed by atoms with Crippen molar-refractivity contribution in [2.45, 2.75) is 32.6 Å². The van der Waals surface area contributed by atoms with Crippen molar-refractivity contribution < 1.29 is 4.39 Å². The van der Waals surface area contributed by atoms with Gasteiger partial charge in [0.05, 0.1) is 0 Å². The van der Waals surface area contributed by atoms with E-state index in [4.69, 9.17) is 0 Å². The van der Waals surface area contributed by atoms with Crippen LogP contribution in [0.3, 0.4) is 0 Å². The monoisotopic (exact) mass is 190 g/mol. The summed E-state index contributed by atoms with van der Waals surface area (Å²) in [5, 5.41) is 0. The molecule has 1 aromatic carbocycles. The Morgan fingerprint density at radius 3 is 2.93 bits per heavy atom. The normalized spacial score (nSPS) is 14.9. The molecule has 2 rings (SSSR count). The number of allylic oxidation sites excluding steroid dienone is 2. The molecule has 0 atom stereocenters. The molecule has 1 heteroatoms. The van der Waals surface area contributed by atoms with Crippen LogP contribution in [-0.4, -0.2) is 0 Å². The molecule has 0 saturated carbocycles. The van der Waals surface area contributed by atoms with Gasteiger partial charge < -0.3 is 0 Å². The Balaban J connectivity index is 2.22. The summed E-state index contributed by atoms with van der Waals surface area (Å²) in [5.41, 5.74) is 3.92. The molecule has 0 bridgehead atoms. The lowest BCUT2D eigenvalue weighted by Crippen LogP contribution is -2.03. The predicted octanol–water partition coefficient (Wildman–Crippen LogP) is 3.65. The molecule has 1 aromatic rings. The molecule has 0 saturated heterocycles. The van der Waals surface area contributed by atoms with Crippen molar-refractivity contribution in [1.82, 2.24) is 0 Å². The fourth-order valence-electron chi connectivity index (χ4n) is 2.04. The van der Waals surface area contributed by atoms with Crippen LogP contribution in [0.25, 0.3) is 0 Å². The Labute approximate surface area is 84.5 Å². The van der Waals surface area contributed by atoms with E-state index in [0.29, 0.717) is 0 Å². The molecule has 1 aliphatic rings. The van der Waals surface area contributed by atoms with Crippen LogP contribution in [0.4, 0.5) is 4.39 Å². The highest BCUT2D eigenvalue weighted by molar-refractivity contribution is 5.37. The number of halogens is 1. The lowest BCUT2D eigenvalue weighted by molar-refractivity contribution is 0.624. The maximum atomic E-state index is 13.0. The molecule has 0 amide bonds. The Morgan fingerprint density at radius 1 is 1.29 bits per heavy atom. The van der Waals surface area contributed by atoms with Gasteiger partial charge >= 0.3 is 0 Å². The minimum Gasteiger partial charge on any atom is -0.207 e. The van der Waals surface area contributed by atoms with Crippen molar-refractivity contribution in [3.63, 3.8) is 0 Å². The van der Waals surface area contributed by atoms with Gasteiger partial charge in [0.1, 0.15) is 5.82 Å². The summed E-state index contributed by atoms with van der Waals surface area (Å²) in [6, 6.07) is 5.14. The van der Waals surface area contributed by atoms with Crippen LogP contribution in [0.15, 0.2) is 29.8 Å². The van der Waals surface area contributed by atoms with Gasteiger partial charge in [-0.2, -0.15) is 0 Å². The summed E-state index contributed by atoms with van der Waals surface area (Å²) in [5.74, 6) is -0.110. The molecule has 74 valence electrons. The summed E-state index contributed by atoms with van der Waals surface area (Å²) in [7, 11) is 0. The highest BCUT2D eigenvalue weighted by Gasteiger charge is 2.10. The maximum Gasteiger partial charge on any atom is 0.123 e. The minimum atomic E-state index is -0.110. The van der Waals surface area contributed by atoms with Gasteiger partial charge in [-0.3, -0.25) is 0 Å². The molecule has 0 aromatic heterocycles. The van der Waals surface area contributed by atoms with Crippen molar-refractivity contribution >= 4 is 0 Å². The molecule has 1 aliphatic carbocycles. The molecule has 0 unspecified atom stereocenters. The third kappa shape index (κ3) is 1.87. The van der Waals surface area contributed by atoms with Gasteiger partial charge in [-0.05, 0) is 42.5 Å². The van der Waals surface area contributed by atoms with Gasteiger partial charge in [-0.25, -0.2) is 4.39 Å². The van der Waals surface area contributed by atoms with E-state index in [2.05, 4.69) is 13.0 Å². The van der Waals surface area contributed by atoms with E-state index >= 15 is 0 Å². The van der Waals surface area contributed by atoms with Gasteiger partial charge in [-0.15, -0.1) is 0 Å². The smallest absolute Gasteiger partial charge is 0.123 e. The molecular weight excluding hydrogens is 175 g/mol. The Hall–Kier alpha value is -1.11. The summed E-state index contributed by atoms with van der Waals surface area (Å²) in [4.78, 5) is 0. The van der Waals surface area contributed by atoms with Gasteiger partial charge in [0.2, 0.25) is 0 Å². The van der Waals surface area contributed by atoms with Gasteiger partial charge in [-0.1, -0.05) is 31.1 Å². The molecule has 14 heavy (non-hydrogen) atoms. The molecule has 0 N–H and O–H groups in total. The lowest BCUT2D eigenvalue weighted by Gasteiger charge is -2.16. The molecular formula is C13H15F. The summed E-state index contributed by atoms with van der Waals surface area (Å²) in [6.07, 6.45) is 6.54. The number of benzene rings is 1. The average Bonchev–Trinajstić information content (AvgIpc) is 2.17. The van der Waals surface area contributed by atoms with Gasteiger partial charge in [0.15, 0.2) is 0 Å². The first kappa shape index (κ1) is 9.45. The SMILES string of the molecule is CCCC1=CCc2ccc(F)cc2C1. The quantitative estimate of drug-likeness (QED) is 0.624. The zero-order valence-corrected chi connectivity index (χ0v) is 8.52. The molecule has 0 spiro atoms. The standard InChI is InChI=1S/C13H15F/c1-2-3-10-4-5-11-6-7-13(14)9-12(11)8-10/h4,6-7,9H,2-3,5,8H2,1H3. The second-order valence-corrected chi connectivity index (χ2v) is 3.91. The van der Waals surface area contributed by atoms with Crippen molar-refractivity contribution in [1.29, 1.82) is 0 Å². The van der Waals surface area contributed by atoms with E-state index in [1.807, 2.05) is 6.07 Å². The third-order valence-corrected chi connectivity index (χ3v) is 2.77. The van der Waals surface area contributed by atoms with Crippen LogP contribution >= 0.6 is 0 Å². The van der Waals surface area contributed by atoms with Crippen LogP contribution in [0.1, 0.15) is 30.9 Å². The Kier molecular flexibility index (Phi) is 2.67. The summed E-state index contributed by atoms with van der Waals surface area (Å²) < 4.78 is 13.0. The largest absolute Gasteiger partial charge is 0.207 e. The Bertz CT molecular complexity index is 363. The zero-order chi connectivity index (χ0) is 9.97. The van der Waals surface area contributed by atoms with E-state index in [9.17, 15) is 4.39 Å².